The number of aryl methyl sites for hydroxylation is 1. The van der Waals surface area contributed by atoms with Crippen molar-refractivity contribution in [3.63, 3.8) is 0 Å². The summed E-state index contributed by atoms with van der Waals surface area (Å²) < 4.78 is 1.95. The quantitative estimate of drug-likeness (QED) is 0.471. The molecule has 1 aromatic heterocycles. The Hall–Kier alpha value is -2.49. The summed E-state index contributed by atoms with van der Waals surface area (Å²) in [6.07, 6.45) is 7.70. The molecule has 2 aromatic rings. The SMILES string of the molecule is C[n+]1ccc(/C=C\c2cccc([N+](=O)[O-])c2)cc1. The number of hydrogen-bond acceptors (Lipinski definition) is 2. The average molecular weight is 241 g/mol. The Balaban J connectivity index is 2.20. The molecule has 0 aliphatic rings. The highest BCUT2D eigenvalue weighted by Gasteiger charge is 2.03. The van der Waals surface area contributed by atoms with Gasteiger partial charge in [-0.05, 0) is 11.1 Å². The Labute approximate surface area is 105 Å². The zero-order valence-corrected chi connectivity index (χ0v) is 9.98. The van der Waals surface area contributed by atoms with Gasteiger partial charge in [0.2, 0.25) is 0 Å². The lowest BCUT2D eigenvalue weighted by Gasteiger charge is -1.95. The molecular formula is C14H13N2O2+. The fourth-order valence-corrected chi connectivity index (χ4v) is 1.56. The minimum absolute atomic E-state index is 0.108. The molecule has 0 saturated heterocycles. The zero-order chi connectivity index (χ0) is 13.0. The molecule has 0 bridgehead atoms. The third kappa shape index (κ3) is 3.01. The van der Waals surface area contributed by atoms with Crippen LogP contribution >= 0.6 is 0 Å². The lowest BCUT2D eigenvalue weighted by atomic mass is 10.1. The summed E-state index contributed by atoms with van der Waals surface area (Å²) in [7, 11) is 1.95. The number of pyridine rings is 1. The molecule has 0 fully saturated rings. The first-order valence-corrected chi connectivity index (χ1v) is 5.53. The van der Waals surface area contributed by atoms with E-state index < -0.39 is 0 Å². The van der Waals surface area contributed by atoms with Crippen molar-refractivity contribution in [2.24, 2.45) is 7.05 Å². The molecule has 90 valence electrons. The summed E-state index contributed by atoms with van der Waals surface area (Å²) >= 11 is 0. The Morgan fingerprint density at radius 3 is 2.44 bits per heavy atom. The van der Waals surface area contributed by atoms with E-state index in [1.165, 1.54) is 6.07 Å². The molecule has 4 nitrogen and oxygen atoms in total. The molecule has 0 aliphatic heterocycles. The molecule has 0 aliphatic carbocycles. The fourth-order valence-electron chi connectivity index (χ4n) is 1.56. The van der Waals surface area contributed by atoms with Crippen molar-refractivity contribution in [1.82, 2.24) is 0 Å². The minimum atomic E-state index is -0.389. The Morgan fingerprint density at radius 2 is 1.78 bits per heavy atom. The molecular weight excluding hydrogens is 228 g/mol. The minimum Gasteiger partial charge on any atom is -0.258 e. The average Bonchev–Trinajstić information content (AvgIpc) is 2.38. The predicted molar refractivity (Wildman–Crippen MR) is 69.6 cm³/mol. The maximum Gasteiger partial charge on any atom is 0.270 e. The number of nitro groups is 1. The second kappa shape index (κ2) is 5.23. The highest BCUT2D eigenvalue weighted by Crippen LogP contribution is 2.15. The van der Waals surface area contributed by atoms with Gasteiger partial charge in [-0.1, -0.05) is 24.3 Å². The molecule has 2 rings (SSSR count). The van der Waals surface area contributed by atoms with Gasteiger partial charge in [0, 0.05) is 24.3 Å². The molecule has 18 heavy (non-hydrogen) atoms. The van der Waals surface area contributed by atoms with E-state index in [4.69, 9.17) is 0 Å². The molecule has 0 radical (unpaired) electrons. The van der Waals surface area contributed by atoms with Gasteiger partial charge in [-0.3, -0.25) is 10.1 Å². The molecule has 0 N–H and O–H groups in total. The Kier molecular flexibility index (Phi) is 3.48. The van der Waals surface area contributed by atoms with Crippen LogP contribution < -0.4 is 4.57 Å². The van der Waals surface area contributed by atoms with E-state index in [-0.39, 0.29) is 10.6 Å². The summed E-state index contributed by atoms with van der Waals surface area (Å²) in [5.41, 5.74) is 1.98. The first kappa shape index (κ1) is 12.0. The third-order valence-corrected chi connectivity index (χ3v) is 2.55. The predicted octanol–water partition coefficient (Wildman–Crippen LogP) is 2.59. The number of rotatable bonds is 3. The van der Waals surface area contributed by atoms with Crippen molar-refractivity contribution in [2.75, 3.05) is 0 Å². The van der Waals surface area contributed by atoms with Crippen molar-refractivity contribution in [1.29, 1.82) is 0 Å². The maximum atomic E-state index is 10.6. The van der Waals surface area contributed by atoms with Crippen LogP contribution in [0.3, 0.4) is 0 Å². The molecule has 0 unspecified atom stereocenters. The van der Waals surface area contributed by atoms with E-state index in [0.29, 0.717) is 0 Å². The van der Waals surface area contributed by atoms with Crippen LogP contribution in [0.5, 0.6) is 0 Å². The molecule has 0 spiro atoms. The first-order chi connectivity index (χ1) is 8.65. The van der Waals surface area contributed by atoms with Crippen LogP contribution in [0.2, 0.25) is 0 Å². The second-order valence-corrected chi connectivity index (χ2v) is 3.98. The lowest BCUT2D eigenvalue weighted by Crippen LogP contribution is -2.25. The van der Waals surface area contributed by atoms with Gasteiger partial charge in [0.15, 0.2) is 12.4 Å². The van der Waals surface area contributed by atoms with E-state index in [1.54, 1.807) is 12.1 Å². The van der Waals surface area contributed by atoms with E-state index in [2.05, 4.69) is 0 Å². The first-order valence-electron chi connectivity index (χ1n) is 5.53. The number of aromatic nitrogens is 1. The second-order valence-electron chi connectivity index (χ2n) is 3.98. The number of nitro benzene ring substituents is 1. The largest absolute Gasteiger partial charge is 0.270 e. The van der Waals surface area contributed by atoms with Crippen molar-refractivity contribution >= 4 is 17.8 Å². The van der Waals surface area contributed by atoms with Crippen LogP contribution in [0.1, 0.15) is 11.1 Å². The van der Waals surface area contributed by atoms with Crippen LogP contribution in [0.4, 0.5) is 5.69 Å². The van der Waals surface area contributed by atoms with Crippen LogP contribution in [0.15, 0.2) is 48.8 Å². The monoisotopic (exact) mass is 241 g/mol. The lowest BCUT2D eigenvalue weighted by molar-refractivity contribution is -0.671. The van der Waals surface area contributed by atoms with Gasteiger partial charge in [-0.25, -0.2) is 4.57 Å². The van der Waals surface area contributed by atoms with Crippen LogP contribution in [0, 0.1) is 10.1 Å². The number of benzene rings is 1. The van der Waals surface area contributed by atoms with E-state index in [1.807, 2.05) is 54.4 Å². The maximum absolute atomic E-state index is 10.6. The standard InChI is InChI=1S/C14H13N2O2/c1-15-9-7-12(8-10-15)5-6-13-3-2-4-14(11-13)16(17)18/h2-11H,1H3/q+1/b6-5-. The molecule has 1 aromatic carbocycles. The topological polar surface area (TPSA) is 47.0 Å². The molecule has 0 atom stereocenters. The summed E-state index contributed by atoms with van der Waals surface area (Å²) in [6.45, 7) is 0. The third-order valence-electron chi connectivity index (χ3n) is 2.55. The van der Waals surface area contributed by atoms with E-state index in [0.717, 1.165) is 11.1 Å². The van der Waals surface area contributed by atoms with Gasteiger partial charge >= 0.3 is 0 Å². The van der Waals surface area contributed by atoms with Crippen molar-refractivity contribution < 1.29 is 9.49 Å². The van der Waals surface area contributed by atoms with E-state index in [9.17, 15) is 10.1 Å². The van der Waals surface area contributed by atoms with Crippen molar-refractivity contribution in [2.45, 2.75) is 0 Å². The van der Waals surface area contributed by atoms with Crippen LogP contribution in [-0.2, 0) is 7.05 Å². The summed E-state index contributed by atoms with van der Waals surface area (Å²) in [4.78, 5) is 10.3. The van der Waals surface area contributed by atoms with Crippen molar-refractivity contribution in [3.8, 4) is 0 Å². The number of nitrogens with zero attached hydrogens (tertiary/aromatic N) is 2. The summed E-state index contributed by atoms with van der Waals surface area (Å²) in [6, 6.07) is 10.5. The van der Waals surface area contributed by atoms with Gasteiger partial charge in [-0.15, -0.1) is 0 Å². The molecule has 1 heterocycles. The van der Waals surface area contributed by atoms with Gasteiger partial charge in [0.25, 0.3) is 5.69 Å². The van der Waals surface area contributed by atoms with E-state index >= 15 is 0 Å². The zero-order valence-electron chi connectivity index (χ0n) is 9.98. The summed E-state index contributed by atoms with van der Waals surface area (Å²) in [5, 5.41) is 10.6. The highest BCUT2D eigenvalue weighted by molar-refractivity contribution is 5.70. The molecule has 0 saturated carbocycles. The molecule has 4 heteroatoms. The van der Waals surface area contributed by atoms with Gasteiger partial charge in [0.1, 0.15) is 7.05 Å². The van der Waals surface area contributed by atoms with Crippen LogP contribution in [-0.4, -0.2) is 4.92 Å². The highest BCUT2D eigenvalue weighted by atomic mass is 16.6. The van der Waals surface area contributed by atoms with Gasteiger partial charge < -0.3 is 0 Å². The molecule has 0 amide bonds. The smallest absolute Gasteiger partial charge is 0.258 e. The van der Waals surface area contributed by atoms with Gasteiger partial charge in [0.05, 0.1) is 4.92 Å². The number of non-ortho nitro benzene ring substituents is 1. The van der Waals surface area contributed by atoms with Crippen LogP contribution in [0.25, 0.3) is 12.2 Å². The number of hydrogen-bond donors (Lipinski definition) is 0. The van der Waals surface area contributed by atoms with Gasteiger partial charge in [-0.2, -0.15) is 0 Å². The fraction of sp³-hybridized carbons (Fsp3) is 0.0714. The Morgan fingerprint density at radius 1 is 1.11 bits per heavy atom. The Bertz CT molecular complexity index is 589. The summed E-state index contributed by atoms with van der Waals surface area (Å²) in [5.74, 6) is 0. The normalized spacial score (nSPS) is 10.7. The van der Waals surface area contributed by atoms with Crippen molar-refractivity contribution in [3.05, 3.63) is 70.0 Å².